The molecule has 2 nitrogen and oxygen atoms in total. The van der Waals surface area contributed by atoms with E-state index in [9.17, 15) is 0 Å². The molecule has 0 spiro atoms. The molecule has 0 saturated carbocycles. The van der Waals surface area contributed by atoms with Crippen LogP contribution in [0, 0.1) is 11.3 Å². The molecule has 0 bridgehead atoms. The lowest BCUT2D eigenvalue weighted by Crippen LogP contribution is -2.42. The normalized spacial score (nSPS) is 25.5. The van der Waals surface area contributed by atoms with Crippen LogP contribution in [-0.2, 0) is 0 Å². The highest BCUT2D eigenvalue weighted by Gasteiger charge is 2.25. The Kier molecular flexibility index (Phi) is 5.71. The first kappa shape index (κ1) is 12.5. The van der Waals surface area contributed by atoms with E-state index >= 15 is 0 Å². The van der Waals surface area contributed by atoms with Crippen LogP contribution in [-0.4, -0.2) is 23.5 Å². The lowest BCUT2D eigenvalue weighted by molar-refractivity contribution is 0.130. The number of nitriles is 1. The molecule has 2 heteroatoms. The lowest BCUT2D eigenvalue weighted by Gasteiger charge is -2.35. The summed E-state index contributed by atoms with van der Waals surface area (Å²) in [4.78, 5) is 2.61. The van der Waals surface area contributed by atoms with Gasteiger partial charge in [0.2, 0.25) is 0 Å². The SMILES string of the molecule is CCC(CC#N)N1CCCCCC1CC. The summed E-state index contributed by atoms with van der Waals surface area (Å²) in [5.41, 5.74) is 0. The van der Waals surface area contributed by atoms with Gasteiger partial charge in [0.05, 0.1) is 12.5 Å². The highest BCUT2D eigenvalue weighted by atomic mass is 15.2. The first-order chi connectivity index (χ1) is 7.33. The highest BCUT2D eigenvalue weighted by molar-refractivity contribution is 4.86. The molecule has 1 aliphatic heterocycles. The summed E-state index contributed by atoms with van der Waals surface area (Å²) in [6.07, 6.45) is 8.45. The molecule has 1 saturated heterocycles. The Labute approximate surface area is 94.3 Å². The van der Waals surface area contributed by atoms with Gasteiger partial charge in [-0.15, -0.1) is 0 Å². The molecule has 0 N–H and O–H groups in total. The van der Waals surface area contributed by atoms with Gasteiger partial charge in [-0.25, -0.2) is 0 Å². The van der Waals surface area contributed by atoms with E-state index < -0.39 is 0 Å². The Bertz CT molecular complexity index is 207. The van der Waals surface area contributed by atoms with Crippen LogP contribution in [0.5, 0.6) is 0 Å². The zero-order valence-corrected chi connectivity index (χ0v) is 10.2. The van der Waals surface area contributed by atoms with Crippen molar-refractivity contribution < 1.29 is 0 Å². The minimum Gasteiger partial charge on any atom is -0.296 e. The van der Waals surface area contributed by atoms with Crippen LogP contribution in [0.1, 0.15) is 58.8 Å². The van der Waals surface area contributed by atoms with Crippen LogP contribution in [0.2, 0.25) is 0 Å². The van der Waals surface area contributed by atoms with Gasteiger partial charge in [0, 0.05) is 12.1 Å². The van der Waals surface area contributed by atoms with E-state index in [4.69, 9.17) is 5.26 Å². The van der Waals surface area contributed by atoms with Gasteiger partial charge < -0.3 is 0 Å². The van der Waals surface area contributed by atoms with Gasteiger partial charge in [-0.2, -0.15) is 5.26 Å². The van der Waals surface area contributed by atoms with Crippen LogP contribution in [0.4, 0.5) is 0 Å². The maximum atomic E-state index is 8.85. The Morgan fingerprint density at radius 3 is 2.73 bits per heavy atom. The third-order valence-corrected chi connectivity index (χ3v) is 3.66. The fourth-order valence-corrected chi connectivity index (χ4v) is 2.72. The fourth-order valence-electron chi connectivity index (χ4n) is 2.72. The molecule has 86 valence electrons. The number of hydrogen-bond acceptors (Lipinski definition) is 2. The van der Waals surface area contributed by atoms with Crippen LogP contribution in [0.15, 0.2) is 0 Å². The second-order valence-electron chi connectivity index (χ2n) is 4.57. The fraction of sp³-hybridized carbons (Fsp3) is 0.923. The van der Waals surface area contributed by atoms with Crippen molar-refractivity contribution in [2.75, 3.05) is 6.54 Å². The maximum Gasteiger partial charge on any atom is 0.0638 e. The summed E-state index contributed by atoms with van der Waals surface area (Å²) in [6.45, 7) is 5.69. The first-order valence-corrected chi connectivity index (χ1v) is 6.46. The molecule has 0 aliphatic carbocycles. The van der Waals surface area contributed by atoms with E-state index in [1.165, 1.54) is 38.6 Å². The summed E-state index contributed by atoms with van der Waals surface area (Å²) in [5, 5.41) is 8.85. The van der Waals surface area contributed by atoms with Crippen molar-refractivity contribution in [1.82, 2.24) is 4.90 Å². The Morgan fingerprint density at radius 1 is 1.33 bits per heavy atom. The zero-order valence-electron chi connectivity index (χ0n) is 10.2. The molecule has 0 aromatic heterocycles. The summed E-state index contributed by atoms with van der Waals surface area (Å²) in [5.74, 6) is 0. The third-order valence-electron chi connectivity index (χ3n) is 3.66. The van der Waals surface area contributed by atoms with E-state index in [1.54, 1.807) is 0 Å². The Balaban J connectivity index is 2.63. The van der Waals surface area contributed by atoms with Crippen LogP contribution in [0.3, 0.4) is 0 Å². The predicted octanol–water partition coefficient (Wildman–Crippen LogP) is 3.33. The van der Waals surface area contributed by atoms with Crippen LogP contribution < -0.4 is 0 Å². The monoisotopic (exact) mass is 208 g/mol. The van der Waals surface area contributed by atoms with E-state index in [2.05, 4.69) is 24.8 Å². The predicted molar refractivity (Wildman–Crippen MR) is 63.6 cm³/mol. The van der Waals surface area contributed by atoms with Crippen molar-refractivity contribution in [3.8, 4) is 6.07 Å². The molecule has 1 rings (SSSR count). The van der Waals surface area contributed by atoms with Crippen LogP contribution >= 0.6 is 0 Å². The smallest absolute Gasteiger partial charge is 0.0638 e. The van der Waals surface area contributed by atoms with Crippen molar-refractivity contribution in [1.29, 1.82) is 5.26 Å². The molecule has 1 fully saturated rings. The minimum absolute atomic E-state index is 0.498. The average molecular weight is 208 g/mol. The number of rotatable bonds is 4. The molecule has 1 heterocycles. The summed E-state index contributed by atoms with van der Waals surface area (Å²) >= 11 is 0. The molecule has 0 aromatic carbocycles. The minimum atomic E-state index is 0.498. The van der Waals surface area contributed by atoms with Crippen molar-refractivity contribution in [2.24, 2.45) is 0 Å². The lowest BCUT2D eigenvalue weighted by atomic mass is 10.0. The standard InChI is InChI=1S/C13H24N2/c1-3-12-8-6-5-7-11-15(12)13(4-2)9-10-14/h12-13H,3-9,11H2,1-2H3. The van der Waals surface area contributed by atoms with Gasteiger partial charge in [0.15, 0.2) is 0 Å². The van der Waals surface area contributed by atoms with Crippen LogP contribution in [0.25, 0.3) is 0 Å². The molecule has 0 amide bonds. The molecule has 1 aliphatic rings. The average Bonchev–Trinajstić information content (AvgIpc) is 2.50. The van der Waals surface area contributed by atoms with Crippen molar-refractivity contribution >= 4 is 0 Å². The van der Waals surface area contributed by atoms with Gasteiger partial charge in [-0.3, -0.25) is 4.90 Å². The third kappa shape index (κ3) is 3.50. The van der Waals surface area contributed by atoms with Crippen molar-refractivity contribution in [2.45, 2.75) is 70.9 Å². The zero-order chi connectivity index (χ0) is 11.1. The second-order valence-corrected chi connectivity index (χ2v) is 4.57. The quantitative estimate of drug-likeness (QED) is 0.708. The Hall–Kier alpha value is -0.550. The summed E-state index contributed by atoms with van der Waals surface area (Å²) in [7, 11) is 0. The molecule has 0 radical (unpaired) electrons. The summed E-state index contributed by atoms with van der Waals surface area (Å²) in [6, 6.07) is 3.57. The molecular weight excluding hydrogens is 184 g/mol. The maximum absolute atomic E-state index is 8.85. The summed E-state index contributed by atoms with van der Waals surface area (Å²) < 4.78 is 0. The topological polar surface area (TPSA) is 27.0 Å². The molecule has 0 aromatic rings. The second kappa shape index (κ2) is 6.85. The van der Waals surface area contributed by atoms with Gasteiger partial charge >= 0.3 is 0 Å². The molecule has 2 atom stereocenters. The van der Waals surface area contributed by atoms with E-state index in [-0.39, 0.29) is 0 Å². The van der Waals surface area contributed by atoms with Crippen molar-refractivity contribution in [3.63, 3.8) is 0 Å². The number of nitrogens with zero attached hydrogens (tertiary/aromatic N) is 2. The highest BCUT2D eigenvalue weighted by Crippen LogP contribution is 2.23. The van der Waals surface area contributed by atoms with Gasteiger partial charge in [-0.1, -0.05) is 26.7 Å². The molecular formula is C13H24N2. The molecule has 2 unspecified atom stereocenters. The largest absolute Gasteiger partial charge is 0.296 e. The van der Waals surface area contributed by atoms with E-state index in [1.807, 2.05) is 0 Å². The van der Waals surface area contributed by atoms with Crippen molar-refractivity contribution in [3.05, 3.63) is 0 Å². The van der Waals surface area contributed by atoms with Gasteiger partial charge in [0.25, 0.3) is 0 Å². The Morgan fingerprint density at radius 2 is 2.13 bits per heavy atom. The van der Waals surface area contributed by atoms with Gasteiger partial charge in [-0.05, 0) is 32.2 Å². The number of hydrogen-bond donors (Lipinski definition) is 0. The number of likely N-dealkylation sites (tertiary alicyclic amines) is 1. The van der Waals surface area contributed by atoms with Gasteiger partial charge in [0.1, 0.15) is 0 Å². The van der Waals surface area contributed by atoms with E-state index in [0.29, 0.717) is 12.5 Å². The van der Waals surface area contributed by atoms with E-state index in [0.717, 1.165) is 12.5 Å². The first-order valence-electron chi connectivity index (χ1n) is 6.46. The molecule has 15 heavy (non-hydrogen) atoms.